The second-order valence-corrected chi connectivity index (χ2v) is 6.97. The summed E-state index contributed by atoms with van der Waals surface area (Å²) in [6.45, 7) is 1.98. The van der Waals surface area contributed by atoms with E-state index in [4.69, 9.17) is 5.11 Å². The molecule has 0 saturated heterocycles. The molecule has 5 heteroatoms. The Kier molecular flexibility index (Phi) is 8.01. The zero-order valence-corrected chi connectivity index (χ0v) is 11.7. The molecule has 2 nitrogen and oxygen atoms in total. The molecule has 1 atom stereocenters. The fourth-order valence-electron chi connectivity index (χ4n) is 1.27. The second kappa shape index (κ2) is 7.74. The highest BCUT2D eigenvalue weighted by atomic mass is 32.2. The van der Waals surface area contributed by atoms with Crippen LogP contribution in [0.4, 0.5) is 0 Å². The average molecular weight is 268 g/mol. The van der Waals surface area contributed by atoms with Crippen molar-refractivity contribution < 1.29 is 9.90 Å². The summed E-state index contributed by atoms with van der Waals surface area (Å²) < 4.78 is -0.187. The normalized spacial score (nSPS) is 13.9. The van der Waals surface area contributed by atoms with Crippen LogP contribution in [0, 0.1) is 0 Å². The Balaban J connectivity index is 3.29. The molecule has 0 aliphatic carbocycles. The number of rotatable bonds is 8. The molecular weight excluding hydrogens is 248 g/mol. The molecule has 0 aliphatic heterocycles. The molecule has 0 heterocycles. The molecule has 0 aromatic heterocycles. The molecule has 1 N–H and O–H groups in total. The van der Waals surface area contributed by atoms with Crippen LogP contribution in [0.15, 0.2) is 0 Å². The van der Waals surface area contributed by atoms with Crippen LogP contribution in [0.25, 0.3) is 0 Å². The smallest absolute Gasteiger partial charge is 0.316 e. The summed E-state index contributed by atoms with van der Waals surface area (Å²) in [4.78, 5) is 10.5. The summed E-state index contributed by atoms with van der Waals surface area (Å²) in [5, 5.41) is 8.09. The van der Waals surface area contributed by atoms with Crippen molar-refractivity contribution in [1.29, 1.82) is 0 Å². The first-order valence-electron chi connectivity index (χ1n) is 5.18. The van der Waals surface area contributed by atoms with Crippen LogP contribution < -0.4 is 0 Å². The highest BCUT2D eigenvalue weighted by molar-refractivity contribution is 8.00. The van der Waals surface area contributed by atoms with E-state index < -0.39 is 11.2 Å². The van der Waals surface area contributed by atoms with Crippen molar-refractivity contribution in [1.82, 2.24) is 0 Å². The van der Waals surface area contributed by atoms with E-state index in [0.29, 0.717) is 6.42 Å². The molecule has 0 radical (unpaired) electrons. The van der Waals surface area contributed by atoms with Gasteiger partial charge in [0.05, 0.1) is 9.33 Å². The van der Waals surface area contributed by atoms with Crippen LogP contribution in [0.2, 0.25) is 0 Å². The molecule has 1 unspecified atom stereocenters. The van der Waals surface area contributed by atoms with Crippen LogP contribution in [-0.4, -0.2) is 20.4 Å². The summed E-state index contributed by atoms with van der Waals surface area (Å²) in [7, 11) is 0. The van der Waals surface area contributed by atoms with Crippen LogP contribution in [0.3, 0.4) is 0 Å². The lowest BCUT2D eigenvalue weighted by Gasteiger charge is -2.15. The first kappa shape index (κ1) is 15.5. The van der Waals surface area contributed by atoms with Crippen LogP contribution in [-0.2, 0) is 4.79 Å². The van der Waals surface area contributed by atoms with Crippen LogP contribution in [0.5, 0.6) is 0 Å². The van der Waals surface area contributed by atoms with Gasteiger partial charge >= 0.3 is 5.97 Å². The largest absolute Gasteiger partial charge is 0.480 e. The Labute approximate surface area is 108 Å². The van der Waals surface area contributed by atoms with Crippen molar-refractivity contribution in [2.45, 2.75) is 54.8 Å². The molecule has 0 spiro atoms. The summed E-state index contributed by atoms with van der Waals surface area (Å²) in [6.07, 6.45) is 5.81. The van der Waals surface area contributed by atoms with E-state index >= 15 is 0 Å². The lowest BCUT2D eigenvalue weighted by Crippen LogP contribution is -2.12. The predicted molar refractivity (Wildman–Crippen MR) is 74.5 cm³/mol. The molecule has 0 bridgehead atoms. The molecule has 90 valence electrons. The van der Waals surface area contributed by atoms with Gasteiger partial charge in [0.15, 0.2) is 0 Å². The summed E-state index contributed by atoms with van der Waals surface area (Å²) in [6, 6.07) is 0. The number of carboxylic acids is 1. The fraction of sp³-hybridized carbons (Fsp3) is 0.900. The van der Waals surface area contributed by atoms with Gasteiger partial charge in [0.25, 0.3) is 0 Å². The molecule has 0 aromatic rings. The topological polar surface area (TPSA) is 37.3 Å². The van der Waals surface area contributed by atoms with E-state index in [-0.39, 0.29) is 4.08 Å². The lowest BCUT2D eigenvalue weighted by atomic mass is 10.1. The SMILES string of the molecule is CC(S)(S)CCCCCCC(S)C(=O)O. The van der Waals surface area contributed by atoms with Gasteiger partial charge in [-0.3, -0.25) is 4.79 Å². The molecule has 0 aromatic carbocycles. The minimum absolute atomic E-state index is 0.187. The summed E-state index contributed by atoms with van der Waals surface area (Å²) in [5.74, 6) is -0.823. The van der Waals surface area contributed by atoms with Gasteiger partial charge in [-0.2, -0.15) is 37.9 Å². The number of carboxylic acid groups (broad SMARTS) is 1. The Hall–Kier alpha value is 0.520. The maximum atomic E-state index is 10.5. The van der Waals surface area contributed by atoms with Gasteiger partial charge in [-0.25, -0.2) is 0 Å². The summed E-state index contributed by atoms with van der Waals surface area (Å²) in [5.41, 5.74) is 0. The standard InChI is InChI=1S/C10H20O2S3/c1-10(14,15)7-5-3-2-4-6-8(13)9(11)12/h8,13-15H,2-7H2,1H3,(H,11,12). The van der Waals surface area contributed by atoms with E-state index in [9.17, 15) is 4.79 Å². The van der Waals surface area contributed by atoms with E-state index in [0.717, 1.165) is 32.1 Å². The highest BCUT2D eigenvalue weighted by Gasteiger charge is 2.12. The second-order valence-electron chi connectivity index (χ2n) is 4.02. The Morgan fingerprint density at radius 1 is 1.27 bits per heavy atom. The Bertz CT molecular complexity index is 190. The van der Waals surface area contributed by atoms with Gasteiger partial charge in [0.1, 0.15) is 0 Å². The zero-order chi connectivity index (χ0) is 11.9. The number of hydrogen-bond donors (Lipinski definition) is 4. The van der Waals surface area contributed by atoms with Crippen LogP contribution >= 0.6 is 37.9 Å². The van der Waals surface area contributed by atoms with Gasteiger partial charge < -0.3 is 5.11 Å². The third kappa shape index (κ3) is 10.8. The molecule has 0 rings (SSSR count). The molecule has 0 saturated carbocycles. The average Bonchev–Trinajstić information content (AvgIpc) is 2.08. The Morgan fingerprint density at radius 2 is 1.80 bits per heavy atom. The van der Waals surface area contributed by atoms with Crippen molar-refractivity contribution >= 4 is 43.9 Å². The molecule has 0 amide bonds. The number of aliphatic carboxylic acids is 1. The molecule has 15 heavy (non-hydrogen) atoms. The number of thiol groups is 3. The quantitative estimate of drug-likeness (QED) is 0.310. The lowest BCUT2D eigenvalue weighted by molar-refractivity contribution is -0.136. The molecule has 0 aliphatic rings. The minimum Gasteiger partial charge on any atom is -0.480 e. The number of hydrogen-bond acceptors (Lipinski definition) is 4. The van der Waals surface area contributed by atoms with Crippen molar-refractivity contribution in [3.8, 4) is 0 Å². The van der Waals surface area contributed by atoms with Crippen molar-refractivity contribution in [2.75, 3.05) is 0 Å². The monoisotopic (exact) mass is 268 g/mol. The van der Waals surface area contributed by atoms with Crippen molar-refractivity contribution in [3.05, 3.63) is 0 Å². The fourth-order valence-corrected chi connectivity index (χ4v) is 1.77. The number of carbonyl (C=O) groups is 1. The predicted octanol–water partition coefficient (Wildman–Crippen LogP) is 3.29. The Morgan fingerprint density at radius 3 is 2.27 bits per heavy atom. The van der Waals surface area contributed by atoms with Gasteiger partial charge in [0, 0.05) is 0 Å². The van der Waals surface area contributed by atoms with E-state index in [1.54, 1.807) is 0 Å². The number of unbranched alkanes of at least 4 members (excludes halogenated alkanes) is 3. The minimum atomic E-state index is -0.823. The van der Waals surface area contributed by atoms with E-state index in [1.807, 2.05) is 6.92 Å². The van der Waals surface area contributed by atoms with E-state index in [2.05, 4.69) is 37.9 Å². The van der Waals surface area contributed by atoms with Crippen LogP contribution in [0.1, 0.15) is 45.4 Å². The van der Waals surface area contributed by atoms with Gasteiger partial charge in [0.2, 0.25) is 0 Å². The third-order valence-electron chi connectivity index (χ3n) is 2.16. The first-order chi connectivity index (χ1) is 6.83. The van der Waals surface area contributed by atoms with Crippen molar-refractivity contribution in [2.24, 2.45) is 0 Å². The zero-order valence-electron chi connectivity index (χ0n) is 9.02. The third-order valence-corrected chi connectivity index (χ3v) is 3.09. The molecule has 0 fully saturated rings. The van der Waals surface area contributed by atoms with Crippen molar-refractivity contribution in [3.63, 3.8) is 0 Å². The summed E-state index contributed by atoms with van der Waals surface area (Å²) >= 11 is 12.6. The van der Waals surface area contributed by atoms with Gasteiger partial charge in [-0.1, -0.05) is 25.7 Å². The highest BCUT2D eigenvalue weighted by Crippen LogP contribution is 2.25. The maximum absolute atomic E-state index is 10.5. The van der Waals surface area contributed by atoms with Gasteiger partial charge in [-0.15, -0.1) is 0 Å². The van der Waals surface area contributed by atoms with E-state index in [1.165, 1.54) is 0 Å². The van der Waals surface area contributed by atoms with Gasteiger partial charge in [-0.05, 0) is 19.8 Å². The first-order valence-corrected chi connectivity index (χ1v) is 6.59. The molecular formula is C10H20O2S3. The maximum Gasteiger partial charge on any atom is 0.316 e.